The van der Waals surface area contributed by atoms with Gasteiger partial charge in [-0.2, -0.15) is 10.2 Å². The van der Waals surface area contributed by atoms with Gasteiger partial charge in [0.15, 0.2) is 0 Å². The Labute approximate surface area is 119 Å². The molecule has 2 aromatic carbocycles. The van der Waals surface area contributed by atoms with Crippen molar-refractivity contribution in [1.82, 2.24) is 9.97 Å². The third kappa shape index (κ3) is 2.44. The largest absolute Gasteiger partial charge is 0.438 e. The summed E-state index contributed by atoms with van der Waals surface area (Å²) in [6.45, 7) is 0. The van der Waals surface area contributed by atoms with Gasteiger partial charge in [-0.25, -0.2) is 9.37 Å². The maximum atomic E-state index is 13.6. The molecule has 0 radical (unpaired) electrons. The van der Waals surface area contributed by atoms with E-state index in [1.54, 1.807) is 18.2 Å². The number of ether oxygens (including phenoxy) is 1. The fraction of sp³-hybridized carbons (Fsp3) is 0. The maximum Gasteiger partial charge on any atom is 0.231 e. The van der Waals surface area contributed by atoms with Crippen LogP contribution in [0.2, 0.25) is 0 Å². The van der Waals surface area contributed by atoms with E-state index in [2.05, 4.69) is 9.97 Å². The molecule has 3 rings (SSSR count). The van der Waals surface area contributed by atoms with E-state index in [0.29, 0.717) is 10.9 Å². The van der Waals surface area contributed by atoms with E-state index in [1.165, 1.54) is 12.1 Å². The lowest BCUT2D eigenvalue weighted by Gasteiger charge is -2.08. The number of fused-ring (bicyclic) bond motifs is 1. The third-order valence-corrected chi connectivity index (χ3v) is 2.86. The molecule has 3 aromatic rings. The highest BCUT2D eigenvalue weighted by Gasteiger charge is 2.10. The Morgan fingerprint density at radius 2 is 1.95 bits per heavy atom. The normalized spacial score (nSPS) is 10.3. The molecule has 0 aliphatic rings. The summed E-state index contributed by atoms with van der Waals surface area (Å²) in [5.74, 6) is -0.115. The van der Waals surface area contributed by atoms with Gasteiger partial charge in [0.2, 0.25) is 11.8 Å². The third-order valence-electron chi connectivity index (χ3n) is 2.86. The van der Waals surface area contributed by atoms with Crippen molar-refractivity contribution in [2.75, 3.05) is 5.73 Å². The van der Waals surface area contributed by atoms with Gasteiger partial charge >= 0.3 is 0 Å². The minimum Gasteiger partial charge on any atom is -0.438 e. The van der Waals surface area contributed by atoms with Gasteiger partial charge in [-0.15, -0.1) is 0 Å². The van der Waals surface area contributed by atoms with Crippen molar-refractivity contribution in [3.05, 3.63) is 53.8 Å². The van der Waals surface area contributed by atoms with Crippen LogP contribution in [0.3, 0.4) is 0 Å². The molecule has 0 saturated heterocycles. The Hall–Kier alpha value is -3.20. The number of halogens is 1. The molecule has 2 N–H and O–H groups in total. The quantitative estimate of drug-likeness (QED) is 0.779. The van der Waals surface area contributed by atoms with E-state index < -0.39 is 5.82 Å². The number of hydrogen-bond acceptors (Lipinski definition) is 5. The predicted octanol–water partition coefficient (Wildman–Crippen LogP) is 3.02. The van der Waals surface area contributed by atoms with Crippen molar-refractivity contribution in [2.24, 2.45) is 0 Å². The number of nitrogen functional groups attached to an aromatic ring is 1. The molecule has 21 heavy (non-hydrogen) atoms. The van der Waals surface area contributed by atoms with Crippen LogP contribution in [0.1, 0.15) is 5.56 Å². The van der Waals surface area contributed by atoms with E-state index >= 15 is 0 Å². The summed E-state index contributed by atoms with van der Waals surface area (Å²) in [6, 6.07) is 12.9. The lowest BCUT2D eigenvalue weighted by molar-refractivity contribution is 0.464. The first-order chi connectivity index (χ1) is 10.2. The first kappa shape index (κ1) is 12.8. The van der Waals surface area contributed by atoms with E-state index in [4.69, 9.17) is 15.7 Å². The molecule has 0 aliphatic heterocycles. The topological polar surface area (TPSA) is 84.8 Å². The van der Waals surface area contributed by atoms with E-state index in [0.717, 1.165) is 6.07 Å². The number of rotatable bonds is 2. The number of anilines is 1. The summed E-state index contributed by atoms with van der Waals surface area (Å²) in [7, 11) is 0. The zero-order valence-electron chi connectivity index (χ0n) is 10.7. The van der Waals surface area contributed by atoms with Crippen molar-refractivity contribution in [2.45, 2.75) is 0 Å². The molecule has 6 heteroatoms. The van der Waals surface area contributed by atoms with Crippen molar-refractivity contribution >= 4 is 16.9 Å². The minimum absolute atomic E-state index is 0.0468. The Morgan fingerprint density at radius 1 is 1.14 bits per heavy atom. The molecule has 0 atom stereocenters. The number of nitrogens with zero attached hydrogens (tertiary/aromatic N) is 3. The van der Waals surface area contributed by atoms with Crippen LogP contribution < -0.4 is 10.5 Å². The second kappa shape index (κ2) is 5.06. The molecule has 0 spiro atoms. The number of benzene rings is 2. The van der Waals surface area contributed by atoms with Gasteiger partial charge in [0, 0.05) is 6.07 Å². The highest BCUT2D eigenvalue weighted by Crippen LogP contribution is 2.28. The molecule has 0 saturated carbocycles. The molecule has 1 heterocycles. The Bertz CT molecular complexity index is 873. The summed E-state index contributed by atoms with van der Waals surface area (Å²) < 4.78 is 19.2. The Balaban J connectivity index is 2.06. The molecule has 0 aliphatic carbocycles. The molecule has 0 unspecified atom stereocenters. The van der Waals surface area contributed by atoms with Gasteiger partial charge in [-0.1, -0.05) is 12.1 Å². The number of hydrogen-bond donors (Lipinski definition) is 1. The zero-order valence-corrected chi connectivity index (χ0v) is 10.7. The molecule has 1 aromatic heterocycles. The number of aromatic nitrogens is 2. The predicted molar refractivity (Wildman–Crippen MR) is 75.1 cm³/mol. The van der Waals surface area contributed by atoms with E-state index in [-0.39, 0.29) is 23.1 Å². The first-order valence-electron chi connectivity index (χ1n) is 6.07. The summed E-state index contributed by atoms with van der Waals surface area (Å²) in [5.41, 5.74) is 6.22. The van der Waals surface area contributed by atoms with Crippen molar-refractivity contribution in [3.63, 3.8) is 0 Å². The summed E-state index contributed by atoms with van der Waals surface area (Å²) in [5, 5.41) is 9.37. The molecule has 5 nitrogen and oxygen atoms in total. The molecule has 0 fully saturated rings. The van der Waals surface area contributed by atoms with Gasteiger partial charge in [-0.3, -0.25) is 0 Å². The first-order valence-corrected chi connectivity index (χ1v) is 6.07. The Kier molecular flexibility index (Phi) is 3.09. The molecule has 0 amide bonds. The van der Waals surface area contributed by atoms with Gasteiger partial charge in [0.1, 0.15) is 17.6 Å². The zero-order chi connectivity index (χ0) is 14.8. The van der Waals surface area contributed by atoms with E-state index in [1.807, 2.05) is 12.1 Å². The van der Waals surface area contributed by atoms with Crippen LogP contribution in [0.5, 0.6) is 11.6 Å². The monoisotopic (exact) mass is 280 g/mol. The molecule has 102 valence electrons. The average Bonchev–Trinajstić information content (AvgIpc) is 2.47. The number of para-hydroxylation sites is 1. The fourth-order valence-electron chi connectivity index (χ4n) is 1.90. The lowest BCUT2D eigenvalue weighted by atomic mass is 10.2. The number of nitrogens with two attached hydrogens (primary N) is 1. The van der Waals surface area contributed by atoms with Gasteiger partial charge < -0.3 is 10.5 Å². The van der Waals surface area contributed by atoms with Crippen LogP contribution >= 0.6 is 0 Å². The average molecular weight is 280 g/mol. The smallest absolute Gasteiger partial charge is 0.231 e. The highest BCUT2D eigenvalue weighted by atomic mass is 19.1. The van der Waals surface area contributed by atoms with Crippen LogP contribution in [0.4, 0.5) is 10.3 Å². The SMILES string of the molecule is N#Cc1ccc(Oc2nc(N)nc3ccccc23)cc1F. The molecular weight excluding hydrogens is 271 g/mol. The summed E-state index contributed by atoms with van der Waals surface area (Å²) in [6.07, 6.45) is 0. The second-order valence-electron chi connectivity index (χ2n) is 4.26. The fourth-order valence-corrected chi connectivity index (χ4v) is 1.90. The van der Waals surface area contributed by atoms with E-state index in [9.17, 15) is 4.39 Å². The number of nitriles is 1. The van der Waals surface area contributed by atoms with Crippen LogP contribution in [-0.4, -0.2) is 9.97 Å². The molecule has 0 bridgehead atoms. The van der Waals surface area contributed by atoms with Crippen LogP contribution in [0, 0.1) is 17.1 Å². The van der Waals surface area contributed by atoms with Crippen LogP contribution in [0.25, 0.3) is 10.9 Å². The van der Waals surface area contributed by atoms with Crippen LogP contribution in [0.15, 0.2) is 42.5 Å². The van der Waals surface area contributed by atoms with Crippen molar-refractivity contribution in [1.29, 1.82) is 5.26 Å². The highest BCUT2D eigenvalue weighted by molar-refractivity contribution is 5.84. The lowest BCUT2D eigenvalue weighted by Crippen LogP contribution is -1.99. The van der Waals surface area contributed by atoms with Crippen molar-refractivity contribution in [3.8, 4) is 17.7 Å². The van der Waals surface area contributed by atoms with Gasteiger partial charge in [-0.05, 0) is 24.3 Å². The molecular formula is C15H9FN4O. The minimum atomic E-state index is -0.652. The summed E-state index contributed by atoms with van der Waals surface area (Å²) >= 11 is 0. The second-order valence-corrected chi connectivity index (χ2v) is 4.26. The van der Waals surface area contributed by atoms with Gasteiger partial charge in [0.05, 0.1) is 16.5 Å². The summed E-state index contributed by atoms with van der Waals surface area (Å²) in [4.78, 5) is 8.12. The standard InChI is InChI=1S/C15H9FN4O/c16-12-7-10(6-5-9(12)8-17)21-14-11-3-1-2-4-13(11)19-15(18)20-14/h1-7H,(H2,18,19,20). The van der Waals surface area contributed by atoms with Crippen molar-refractivity contribution < 1.29 is 9.13 Å². The Morgan fingerprint density at radius 3 is 2.71 bits per heavy atom. The van der Waals surface area contributed by atoms with Crippen LogP contribution in [-0.2, 0) is 0 Å². The van der Waals surface area contributed by atoms with Gasteiger partial charge in [0.25, 0.3) is 0 Å². The maximum absolute atomic E-state index is 13.6.